The molecule has 4 heteroatoms. The molecular weight excluding hydrogens is 341 g/mol. The van der Waals surface area contributed by atoms with Crippen molar-refractivity contribution in [1.29, 1.82) is 0 Å². The molecule has 0 saturated carbocycles. The second-order valence-electron chi connectivity index (χ2n) is 3.06. The summed E-state index contributed by atoms with van der Waals surface area (Å²) in [6.45, 7) is 0. The van der Waals surface area contributed by atoms with Crippen LogP contribution < -0.4 is 5.73 Å². The number of rotatable bonds is 2. The molecule has 15 heavy (non-hydrogen) atoms. The lowest BCUT2D eigenvalue weighted by Crippen LogP contribution is -2.12. The van der Waals surface area contributed by atoms with E-state index < -0.39 is 0 Å². The Morgan fingerprint density at radius 2 is 1.93 bits per heavy atom. The van der Waals surface area contributed by atoms with Crippen LogP contribution in [0.4, 0.5) is 0 Å². The van der Waals surface area contributed by atoms with E-state index in [9.17, 15) is 0 Å². The van der Waals surface area contributed by atoms with Crippen LogP contribution in [-0.4, -0.2) is 0 Å². The van der Waals surface area contributed by atoms with Crippen molar-refractivity contribution in [3.63, 3.8) is 0 Å². The molecule has 80 valence electrons. The van der Waals surface area contributed by atoms with Crippen LogP contribution in [0.2, 0.25) is 0 Å². The Hall–Kier alpha value is -0.100. The molecule has 1 aromatic carbocycles. The van der Waals surface area contributed by atoms with E-state index in [2.05, 4.69) is 51.6 Å². The fourth-order valence-corrected chi connectivity index (χ4v) is 2.78. The van der Waals surface area contributed by atoms with Gasteiger partial charge in [0.15, 0.2) is 0 Å². The van der Waals surface area contributed by atoms with E-state index in [1.165, 1.54) is 14.7 Å². The van der Waals surface area contributed by atoms with Gasteiger partial charge in [-0.25, -0.2) is 0 Å². The van der Waals surface area contributed by atoms with Gasteiger partial charge in [0, 0.05) is 3.57 Å². The van der Waals surface area contributed by atoms with Crippen molar-refractivity contribution in [3.8, 4) is 0 Å². The minimum atomic E-state index is 0. The molecule has 0 aliphatic heterocycles. The lowest BCUT2D eigenvalue weighted by molar-refractivity contribution is 0.870. The SMILES string of the molecule is Cl.N[C@H](c1ccsc1)c1ccccc1I. The molecule has 2 aromatic rings. The van der Waals surface area contributed by atoms with Crippen LogP contribution in [0.3, 0.4) is 0 Å². The van der Waals surface area contributed by atoms with Crippen molar-refractivity contribution in [2.24, 2.45) is 5.73 Å². The number of halogens is 2. The second-order valence-corrected chi connectivity index (χ2v) is 5.00. The van der Waals surface area contributed by atoms with Crippen LogP contribution in [-0.2, 0) is 0 Å². The van der Waals surface area contributed by atoms with E-state index in [1.54, 1.807) is 11.3 Å². The summed E-state index contributed by atoms with van der Waals surface area (Å²) >= 11 is 4.01. The Bertz CT molecular complexity index is 416. The zero-order chi connectivity index (χ0) is 9.97. The predicted molar refractivity (Wildman–Crippen MR) is 76.8 cm³/mol. The fraction of sp³-hybridized carbons (Fsp3) is 0.0909. The van der Waals surface area contributed by atoms with Gasteiger partial charge in [0.1, 0.15) is 0 Å². The first-order valence-electron chi connectivity index (χ1n) is 4.31. The van der Waals surface area contributed by atoms with E-state index in [0.29, 0.717) is 0 Å². The minimum absolute atomic E-state index is 0. The smallest absolute Gasteiger partial charge is 0.0570 e. The molecular formula is C11H11ClINS. The highest BCUT2D eigenvalue weighted by Gasteiger charge is 2.11. The molecule has 0 spiro atoms. The van der Waals surface area contributed by atoms with E-state index >= 15 is 0 Å². The third kappa shape index (κ3) is 2.93. The monoisotopic (exact) mass is 351 g/mol. The lowest BCUT2D eigenvalue weighted by atomic mass is 10.0. The standard InChI is InChI=1S/C11H10INS.ClH/c12-10-4-2-1-3-9(10)11(13)8-5-6-14-7-8;/h1-7,11H,13H2;1H/t11-;/m1./s1. The van der Waals surface area contributed by atoms with Crippen molar-refractivity contribution in [1.82, 2.24) is 0 Å². The average molecular weight is 352 g/mol. The summed E-state index contributed by atoms with van der Waals surface area (Å²) in [5.41, 5.74) is 8.56. The molecule has 0 amide bonds. The van der Waals surface area contributed by atoms with Crippen molar-refractivity contribution in [2.75, 3.05) is 0 Å². The maximum absolute atomic E-state index is 6.16. The normalized spacial score (nSPS) is 11.9. The van der Waals surface area contributed by atoms with Gasteiger partial charge in [-0.3, -0.25) is 0 Å². The Balaban J connectivity index is 0.00000112. The highest BCUT2D eigenvalue weighted by Crippen LogP contribution is 2.25. The molecule has 1 nitrogen and oxygen atoms in total. The number of benzene rings is 1. The summed E-state index contributed by atoms with van der Waals surface area (Å²) in [7, 11) is 0. The third-order valence-electron chi connectivity index (χ3n) is 2.14. The summed E-state index contributed by atoms with van der Waals surface area (Å²) in [6.07, 6.45) is 0. The largest absolute Gasteiger partial charge is 0.320 e. The van der Waals surface area contributed by atoms with E-state index in [4.69, 9.17) is 5.73 Å². The topological polar surface area (TPSA) is 26.0 Å². The predicted octanol–water partition coefficient (Wildman–Crippen LogP) is 3.82. The molecule has 1 atom stereocenters. The van der Waals surface area contributed by atoms with Crippen LogP contribution in [0.25, 0.3) is 0 Å². The van der Waals surface area contributed by atoms with E-state index in [1.807, 2.05) is 12.1 Å². The first kappa shape index (κ1) is 13.0. The number of hydrogen-bond acceptors (Lipinski definition) is 2. The maximum Gasteiger partial charge on any atom is 0.0570 e. The van der Waals surface area contributed by atoms with Crippen LogP contribution in [0.1, 0.15) is 17.2 Å². The molecule has 0 bridgehead atoms. The fourth-order valence-electron chi connectivity index (χ4n) is 1.36. The zero-order valence-corrected chi connectivity index (χ0v) is 11.7. The van der Waals surface area contributed by atoms with Gasteiger partial charge in [-0.2, -0.15) is 11.3 Å². The average Bonchev–Trinajstić information content (AvgIpc) is 2.70. The Kier molecular flexibility index (Phi) is 5.05. The Morgan fingerprint density at radius 3 is 2.53 bits per heavy atom. The van der Waals surface area contributed by atoms with E-state index in [0.717, 1.165) is 0 Å². The number of hydrogen-bond donors (Lipinski definition) is 1. The van der Waals surface area contributed by atoms with Crippen LogP contribution in [0, 0.1) is 3.57 Å². The maximum atomic E-state index is 6.16. The van der Waals surface area contributed by atoms with Gasteiger partial charge in [-0.05, 0) is 56.6 Å². The van der Waals surface area contributed by atoms with Crippen LogP contribution in [0.15, 0.2) is 41.1 Å². The summed E-state index contributed by atoms with van der Waals surface area (Å²) in [6, 6.07) is 10.3. The molecule has 0 aliphatic carbocycles. The Morgan fingerprint density at radius 1 is 1.20 bits per heavy atom. The summed E-state index contributed by atoms with van der Waals surface area (Å²) in [5, 5.41) is 4.17. The molecule has 0 radical (unpaired) electrons. The summed E-state index contributed by atoms with van der Waals surface area (Å²) in [4.78, 5) is 0. The first-order valence-corrected chi connectivity index (χ1v) is 6.33. The van der Waals surface area contributed by atoms with Crippen molar-refractivity contribution in [3.05, 3.63) is 55.8 Å². The second kappa shape index (κ2) is 5.84. The van der Waals surface area contributed by atoms with Gasteiger partial charge in [0.2, 0.25) is 0 Å². The van der Waals surface area contributed by atoms with Gasteiger partial charge < -0.3 is 5.73 Å². The lowest BCUT2D eigenvalue weighted by Gasteiger charge is -2.11. The Labute approximate surface area is 113 Å². The molecule has 2 rings (SSSR count). The molecule has 1 heterocycles. The summed E-state index contributed by atoms with van der Waals surface area (Å²) in [5.74, 6) is 0. The third-order valence-corrected chi connectivity index (χ3v) is 3.83. The van der Waals surface area contributed by atoms with Gasteiger partial charge in [0.05, 0.1) is 6.04 Å². The molecule has 0 fully saturated rings. The highest BCUT2D eigenvalue weighted by atomic mass is 127. The molecule has 2 N–H and O–H groups in total. The van der Waals surface area contributed by atoms with Crippen LogP contribution in [0.5, 0.6) is 0 Å². The zero-order valence-electron chi connectivity index (χ0n) is 7.89. The number of nitrogens with two attached hydrogens (primary N) is 1. The van der Waals surface area contributed by atoms with Gasteiger partial charge in [0.25, 0.3) is 0 Å². The van der Waals surface area contributed by atoms with Crippen molar-refractivity contribution < 1.29 is 0 Å². The van der Waals surface area contributed by atoms with Crippen LogP contribution >= 0.6 is 46.3 Å². The molecule has 0 unspecified atom stereocenters. The highest BCUT2D eigenvalue weighted by molar-refractivity contribution is 14.1. The molecule has 1 aromatic heterocycles. The molecule has 0 saturated heterocycles. The summed E-state index contributed by atoms with van der Waals surface area (Å²) < 4.78 is 1.23. The van der Waals surface area contributed by atoms with E-state index in [-0.39, 0.29) is 18.4 Å². The molecule has 0 aliphatic rings. The van der Waals surface area contributed by atoms with Gasteiger partial charge in [-0.1, -0.05) is 18.2 Å². The van der Waals surface area contributed by atoms with Gasteiger partial charge >= 0.3 is 0 Å². The van der Waals surface area contributed by atoms with Crippen molar-refractivity contribution >= 4 is 46.3 Å². The minimum Gasteiger partial charge on any atom is -0.320 e. The van der Waals surface area contributed by atoms with Crippen molar-refractivity contribution in [2.45, 2.75) is 6.04 Å². The number of thiophene rings is 1. The first-order chi connectivity index (χ1) is 6.79. The van der Waals surface area contributed by atoms with Gasteiger partial charge in [-0.15, -0.1) is 12.4 Å². The quantitative estimate of drug-likeness (QED) is 0.818.